The molecule has 5 aromatic carbocycles. The highest BCUT2D eigenvalue weighted by Gasteiger charge is 2.23. The molecule has 0 fully saturated rings. The molecule has 35 heavy (non-hydrogen) atoms. The van der Waals surface area contributed by atoms with Gasteiger partial charge in [0.15, 0.2) is 0 Å². The summed E-state index contributed by atoms with van der Waals surface area (Å²) < 4.78 is 8.59. The Bertz CT molecular complexity index is 1930. The number of hydrogen-bond acceptors (Lipinski definition) is 3. The van der Waals surface area contributed by atoms with Crippen molar-refractivity contribution in [2.75, 3.05) is 0 Å². The maximum Gasteiger partial charge on any atom is 0.277 e. The van der Waals surface area contributed by atoms with Gasteiger partial charge in [0.2, 0.25) is 0 Å². The van der Waals surface area contributed by atoms with Gasteiger partial charge < -0.3 is 8.98 Å². The summed E-state index contributed by atoms with van der Waals surface area (Å²) in [5, 5.41) is 16.0. The van der Waals surface area contributed by atoms with Crippen LogP contribution in [0.1, 0.15) is 0 Å². The molecule has 2 heterocycles. The van der Waals surface area contributed by atoms with E-state index in [1.807, 2.05) is 60.7 Å². The van der Waals surface area contributed by atoms with E-state index in [0.29, 0.717) is 5.56 Å². The first-order chi connectivity index (χ1) is 17.2. The fraction of sp³-hybridized carbons (Fsp3) is 0. The Morgan fingerprint density at radius 2 is 1.37 bits per heavy atom. The molecule has 2 aromatic heterocycles. The SMILES string of the molecule is O=[N+]([O-])c1ccccc1-c1cccc2c3c4oc5ccccc5c4ccc3n(-c3ccccc3)c12. The van der Waals surface area contributed by atoms with Crippen molar-refractivity contribution in [3.05, 3.63) is 119 Å². The Balaban J connectivity index is 1.72. The molecule has 0 aliphatic carbocycles. The summed E-state index contributed by atoms with van der Waals surface area (Å²) in [5.74, 6) is 0. The lowest BCUT2D eigenvalue weighted by Gasteiger charge is -2.11. The molecule has 5 heteroatoms. The molecule has 0 spiro atoms. The molecule has 7 aromatic rings. The Labute approximate surface area is 199 Å². The highest BCUT2D eigenvalue weighted by molar-refractivity contribution is 6.25. The summed E-state index contributed by atoms with van der Waals surface area (Å²) >= 11 is 0. The van der Waals surface area contributed by atoms with Crippen molar-refractivity contribution in [1.29, 1.82) is 0 Å². The predicted octanol–water partition coefficient (Wildman–Crippen LogP) is 8.26. The van der Waals surface area contributed by atoms with Crippen LogP contribution < -0.4 is 0 Å². The van der Waals surface area contributed by atoms with Crippen LogP contribution >= 0.6 is 0 Å². The molecular weight excluding hydrogens is 436 g/mol. The zero-order chi connectivity index (χ0) is 23.5. The van der Waals surface area contributed by atoms with E-state index < -0.39 is 0 Å². The number of aromatic nitrogens is 1. The average Bonchev–Trinajstić information content (AvgIpc) is 3.45. The molecule has 0 saturated heterocycles. The van der Waals surface area contributed by atoms with E-state index in [2.05, 4.69) is 41.0 Å². The minimum atomic E-state index is -0.318. The number of furan rings is 1. The van der Waals surface area contributed by atoms with Crippen molar-refractivity contribution in [2.45, 2.75) is 0 Å². The van der Waals surface area contributed by atoms with Crippen molar-refractivity contribution in [3.8, 4) is 16.8 Å². The molecule has 0 saturated carbocycles. The lowest BCUT2D eigenvalue weighted by Crippen LogP contribution is -1.97. The van der Waals surface area contributed by atoms with Crippen LogP contribution in [0.2, 0.25) is 0 Å². The normalized spacial score (nSPS) is 11.7. The van der Waals surface area contributed by atoms with Crippen molar-refractivity contribution in [1.82, 2.24) is 4.57 Å². The fourth-order valence-corrected chi connectivity index (χ4v) is 5.25. The highest BCUT2D eigenvalue weighted by atomic mass is 16.6. The third-order valence-corrected chi connectivity index (χ3v) is 6.70. The second-order valence-corrected chi connectivity index (χ2v) is 8.58. The molecule has 0 atom stereocenters. The first kappa shape index (κ1) is 19.6. The zero-order valence-corrected chi connectivity index (χ0v) is 18.5. The van der Waals surface area contributed by atoms with Crippen LogP contribution in [0.25, 0.3) is 60.6 Å². The van der Waals surface area contributed by atoms with Crippen LogP contribution in [0.3, 0.4) is 0 Å². The van der Waals surface area contributed by atoms with Crippen LogP contribution in [0.4, 0.5) is 5.69 Å². The monoisotopic (exact) mass is 454 g/mol. The Morgan fingerprint density at radius 1 is 0.657 bits per heavy atom. The summed E-state index contributed by atoms with van der Waals surface area (Å²) in [6.45, 7) is 0. The summed E-state index contributed by atoms with van der Waals surface area (Å²) in [6, 6.07) is 35.3. The maximum atomic E-state index is 11.9. The zero-order valence-electron chi connectivity index (χ0n) is 18.5. The molecule has 0 unspecified atom stereocenters. The lowest BCUT2D eigenvalue weighted by atomic mass is 10.00. The number of benzene rings is 5. The maximum absolute atomic E-state index is 11.9. The van der Waals surface area contributed by atoms with Gasteiger partial charge in [-0.3, -0.25) is 10.1 Å². The van der Waals surface area contributed by atoms with E-state index in [0.717, 1.165) is 55.0 Å². The Hall–Kier alpha value is -4.90. The third-order valence-electron chi connectivity index (χ3n) is 6.70. The number of fused-ring (bicyclic) bond motifs is 7. The van der Waals surface area contributed by atoms with E-state index >= 15 is 0 Å². The summed E-state index contributed by atoms with van der Waals surface area (Å²) in [5.41, 5.74) is 6.02. The number of nitrogens with zero attached hydrogens (tertiary/aromatic N) is 2. The molecule has 0 radical (unpaired) electrons. The minimum absolute atomic E-state index is 0.0822. The van der Waals surface area contributed by atoms with Crippen molar-refractivity contribution in [2.24, 2.45) is 0 Å². The summed E-state index contributed by atoms with van der Waals surface area (Å²) in [4.78, 5) is 11.6. The highest BCUT2D eigenvalue weighted by Crippen LogP contribution is 2.44. The minimum Gasteiger partial charge on any atom is -0.455 e. The third kappa shape index (κ3) is 2.75. The van der Waals surface area contributed by atoms with Crippen molar-refractivity contribution >= 4 is 49.4 Å². The van der Waals surface area contributed by atoms with Gasteiger partial charge >= 0.3 is 0 Å². The molecule has 0 amide bonds. The smallest absolute Gasteiger partial charge is 0.277 e. The van der Waals surface area contributed by atoms with Crippen LogP contribution in [0.15, 0.2) is 114 Å². The van der Waals surface area contributed by atoms with E-state index in [1.165, 1.54) is 0 Å². The van der Waals surface area contributed by atoms with Crippen molar-refractivity contribution < 1.29 is 9.34 Å². The molecule has 7 rings (SSSR count). The quantitative estimate of drug-likeness (QED) is 0.199. The van der Waals surface area contributed by atoms with Gasteiger partial charge in [-0.2, -0.15) is 0 Å². The number of hydrogen-bond donors (Lipinski definition) is 0. The van der Waals surface area contributed by atoms with E-state index in [4.69, 9.17) is 4.42 Å². The first-order valence-electron chi connectivity index (χ1n) is 11.4. The van der Waals surface area contributed by atoms with Gasteiger partial charge in [-0.15, -0.1) is 0 Å². The lowest BCUT2D eigenvalue weighted by molar-refractivity contribution is -0.384. The van der Waals surface area contributed by atoms with Gasteiger partial charge in [-0.25, -0.2) is 0 Å². The second-order valence-electron chi connectivity index (χ2n) is 8.58. The van der Waals surface area contributed by atoms with Crippen LogP contribution in [0.5, 0.6) is 0 Å². The number of para-hydroxylation sites is 4. The van der Waals surface area contributed by atoms with Crippen LogP contribution in [-0.4, -0.2) is 9.49 Å². The van der Waals surface area contributed by atoms with Gasteiger partial charge in [-0.05, 0) is 36.4 Å². The molecule has 0 aliphatic heterocycles. The Morgan fingerprint density at radius 3 is 2.23 bits per heavy atom. The van der Waals surface area contributed by atoms with Gasteiger partial charge in [0.05, 0.1) is 26.9 Å². The predicted molar refractivity (Wildman–Crippen MR) is 140 cm³/mol. The van der Waals surface area contributed by atoms with Gasteiger partial charge in [-0.1, -0.05) is 66.7 Å². The molecule has 0 bridgehead atoms. The number of nitro groups is 1. The standard InChI is InChI=1S/C30H18N2O3/c33-32(34)25-15-6-4-11-20(25)22-13-8-14-24-28-26(31(29(22)24)19-9-2-1-3-10-19)18-17-23-21-12-5-7-16-27(21)35-30(23)28/h1-18H. The number of nitro benzene ring substituents is 1. The molecule has 5 nitrogen and oxygen atoms in total. The van der Waals surface area contributed by atoms with E-state index in [-0.39, 0.29) is 10.6 Å². The molecule has 0 aliphatic rings. The van der Waals surface area contributed by atoms with E-state index in [9.17, 15) is 10.1 Å². The largest absolute Gasteiger partial charge is 0.455 e. The molecule has 166 valence electrons. The van der Waals surface area contributed by atoms with Gasteiger partial charge in [0, 0.05) is 33.5 Å². The van der Waals surface area contributed by atoms with Gasteiger partial charge in [0.25, 0.3) is 5.69 Å². The Kier molecular flexibility index (Phi) is 4.08. The second kappa shape index (κ2) is 7.30. The number of rotatable bonds is 3. The fourth-order valence-electron chi connectivity index (χ4n) is 5.25. The van der Waals surface area contributed by atoms with Crippen LogP contribution in [0, 0.1) is 10.1 Å². The van der Waals surface area contributed by atoms with Gasteiger partial charge in [0.1, 0.15) is 11.2 Å². The van der Waals surface area contributed by atoms with Crippen molar-refractivity contribution in [3.63, 3.8) is 0 Å². The summed E-state index contributed by atoms with van der Waals surface area (Å²) in [7, 11) is 0. The average molecular weight is 454 g/mol. The molecule has 0 N–H and O–H groups in total. The van der Waals surface area contributed by atoms with E-state index in [1.54, 1.807) is 12.1 Å². The molecular formula is C30H18N2O3. The topological polar surface area (TPSA) is 61.2 Å². The first-order valence-corrected chi connectivity index (χ1v) is 11.4. The summed E-state index contributed by atoms with van der Waals surface area (Å²) in [6.07, 6.45) is 0. The van der Waals surface area contributed by atoms with Crippen LogP contribution in [-0.2, 0) is 0 Å².